The van der Waals surface area contributed by atoms with Crippen LogP contribution >= 0.6 is 11.6 Å². The molecule has 0 aliphatic rings. The number of nitrogens with one attached hydrogen (secondary N) is 1. The van der Waals surface area contributed by atoms with Crippen LogP contribution in [0, 0.1) is 0 Å². The van der Waals surface area contributed by atoms with Gasteiger partial charge >= 0.3 is 5.97 Å². The van der Waals surface area contributed by atoms with Crippen LogP contribution in [0.2, 0.25) is 5.02 Å². The van der Waals surface area contributed by atoms with Gasteiger partial charge in [0, 0.05) is 13.1 Å². The van der Waals surface area contributed by atoms with E-state index in [9.17, 15) is 18.3 Å². The lowest BCUT2D eigenvalue weighted by Crippen LogP contribution is -2.26. The lowest BCUT2D eigenvalue weighted by Gasteiger charge is -2.26. The molecule has 0 spiro atoms. The van der Waals surface area contributed by atoms with Gasteiger partial charge in [0.25, 0.3) is 10.0 Å². The fourth-order valence-corrected chi connectivity index (χ4v) is 4.26. The number of hydrogen-bond acceptors (Lipinski definition) is 5. The third-order valence-corrected chi connectivity index (χ3v) is 6.08. The second-order valence-corrected chi connectivity index (χ2v) is 8.46. The van der Waals surface area contributed by atoms with Crippen molar-refractivity contribution in [3.05, 3.63) is 47.0 Å². The minimum Gasteiger partial charge on any atom is -0.495 e. The van der Waals surface area contributed by atoms with E-state index in [4.69, 9.17) is 16.3 Å². The van der Waals surface area contributed by atoms with Crippen molar-refractivity contribution in [2.24, 2.45) is 0 Å². The summed E-state index contributed by atoms with van der Waals surface area (Å²) in [5.74, 6) is -0.781. The first kappa shape index (κ1) is 22.8. The molecular weight excluding hydrogens is 416 g/mol. The predicted octanol–water partition coefficient (Wildman–Crippen LogP) is 4.47. The Morgan fingerprint density at radius 1 is 1.21 bits per heavy atom. The molecule has 158 valence electrons. The van der Waals surface area contributed by atoms with E-state index in [2.05, 4.69) is 11.6 Å². The maximum Gasteiger partial charge on any atom is 0.335 e. The van der Waals surface area contributed by atoms with Gasteiger partial charge in [-0.05, 0) is 49.7 Å². The molecule has 7 nitrogen and oxygen atoms in total. The van der Waals surface area contributed by atoms with E-state index >= 15 is 0 Å². The van der Waals surface area contributed by atoms with Crippen molar-refractivity contribution in [2.45, 2.75) is 31.6 Å². The summed E-state index contributed by atoms with van der Waals surface area (Å²) in [4.78, 5) is 13.4. The summed E-state index contributed by atoms with van der Waals surface area (Å²) in [5, 5.41) is 9.48. The van der Waals surface area contributed by atoms with Crippen LogP contribution < -0.4 is 14.4 Å². The number of rotatable bonds is 10. The van der Waals surface area contributed by atoms with Crippen molar-refractivity contribution in [3.8, 4) is 5.75 Å². The summed E-state index contributed by atoms with van der Waals surface area (Å²) in [6, 6.07) is 8.55. The summed E-state index contributed by atoms with van der Waals surface area (Å²) in [6.45, 7) is 5.40. The fourth-order valence-electron chi connectivity index (χ4n) is 2.84. The van der Waals surface area contributed by atoms with Gasteiger partial charge in [0.1, 0.15) is 5.75 Å². The highest BCUT2D eigenvalue weighted by molar-refractivity contribution is 7.92. The average Bonchev–Trinajstić information content (AvgIpc) is 2.68. The van der Waals surface area contributed by atoms with E-state index in [1.807, 2.05) is 11.8 Å². The number of hydrogen-bond donors (Lipinski definition) is 2. The van der Waals surface area contributed by atoms with E-state index in [-0.39, 0.29) is 21.2 Å². The number of halogens is 1. The van der Waals surface area contributed by atoms with Crippen LogP contribution in [0.25, 0.3) is 0 Å². The molecule has 0 bridgehead atoms. The molecule has 0 radical (unpaired) electrons. The average molecular weight is 441 g/mol. The van der Waals surface area contributed by atoms with Gasteiger partial charge in [-0.2, -0.15) is 0 Å². The van der Waals surface area contributed by atoms with Crippen LogP contribution in [0.4, 0.5) is 11.4 Å². The van der Waals surface area contributed by atoms with Crippen LogP contribution in [-0.4, -0.2) is 39.7 Å². The number of anilines is 2. The number of sulfonamides is 1. The first-order chi connectivity index (χ1) is 13.7. The lowest BCUT2D eigenvalue weighted by atomic mass is 10.1. The summed E-state index contributed by atoms with van der Waals surface area (Å²) in [5.41, 5.74) is 0.815. The second-order valence-electron chi connectivity index (χ2n) is 6.37. The van der Waals surface area contributed by atoms with E-state index in [0.717, 1.165) is 19.4 Å². The van der Waals surface area contributed by atoms with Crippen LogP contribution in [-0.2, 0) is 10.0 Å². The highest BCUT2D eigenvalue weighted by Gasteiger charge is 2.21. The zero-order valence-electron chi connectivity index (χ0n) is 16.6. The molecule has 2 aromatic carbocycles. The summed E-state index contributed by atoms with van der Waals surface area (Å²) >= 11 is 6.06. The number of benzene rings is 2. The van der Waals surface area contributed by atoms with Crippen molar-refractivity contribution in [1.29, 1.82) is 0 Å². The summed E-state index contributed by atoms with van der Waals surface area (Å²) < 4.78 is 33.4. The minimum atomic E-state index is -4.00. The van der Waals surface area contributed by atoms with Gasteiger partial charge in [0.05, 0.1) is 34.0 Å². The number of ether oxygens (including phenoxy) is 1. The molecule has 0 amide bonds. The van der Waals surface area contributed by atoms with E-state index in [0.29, 0.717) is 18.0 Å². The van der Waals surface area contributed by atoms with Gasteiger partial charge in [0.15, 0.2) is 0 Å². The quantitative estimate of drug-likeness (QED) is 0.565. The number of unbranched alkanes of at least 4 members (excludes halogenated alkanes) is 1. The Bertz CT molecular complexity index is 979. The second kappa shape index (κ2) is 9.84. The number of methoxy groups -OCH3 is 1. The van der Waals surface area contributed by atoms with Crippen molar-refractivity contribution >= 4 is 39.0 Å². The van der Waals surface area contributed by atoms with E-state index in [1.54, 1.807) is 6.07 Å². The fraction of sp³-hybridized carbons (Fsp3) is 0.350. The van der Waals surface area contributed by atoms with Crippen molar-refractivity contribution in [1.82, 2.24) is 0 Å². The number of carboxylic acids is 1. The van der Waals surface area contributed by atoms with Crippen molar-refractivity contribution < 1.29 is 23.1 Å². The largest absolute Gasteiger partial charge is 0.495 e. The van der Waals surface area contributed by atoms with Crippen LogP contribution in [0.1, 0.15) is 37.0 Å². The molecule has 0 atom stereocenters. The van der Waals surface area contributed by atoms with Gasteiger partial charge in [-0.25, -0.2) is 13.2 Å². The zero-order valence-corrected chi connectivity index (χ0v) is 18.2. The van der Waals surface area contributed by atoms with Crippen molar-refractivity contribution in [3.63, 3.8) is 0 Å². The highest BCUT2D eigenvalue weighted by atomic mass is 35.5. The smallest absolute Gasteiger partial charge is 0.335 e. The zero-order chi connectivity index (χ0) is 21.6. The minimum absolute atomic E-state index is 0.00856. The molecule has 2 rings (SSSR count). The highest BCUT2D eigenvalue weighted by Crippen LogP contribution is 2.32. The molecule has 0 heterocycles. The Kier molecular flexibility index (Phi) is 7.75. The molecule has 0 aliphatic carbocycles. The topological polar surface area (TPSA) is 95.9 Å². The molecule has 0 unspecified atom stereocenters. The molecule has 9 heteroatoms. The number of carbonyl (C=O) groups is 1. The predicted molar refractivity (Wildman–Crippen MR) is 115 cm³/mol. The van der Waals surface area contributed by atoms with Crippen LogP contribution in [0.5, 0.6) is 5.75 Å². The Morgan fingerprint density at radius 3 is 2.48 bits per heavy atom. The molecule has 0 saturated carbocycles. The van der Waals surface area contributed by atoms with Crippen LogP contribution in [0.15, 0.2) is 41.3 Å². The van der Waals surface area contributed by atoms with Gasteiger partial charge in [-0.1, -0.05) is 24.9 Å². The van der Waals surface area contributed by atoms with Gasteiger partial charge in [0.2, 0.25) is 0 Å². The van der Waals surface area contributed by atoms with E-state index in [1.165, 1.54) is 37.4 Å². The normalized spacial score (nSPS) is 11.2. The molecule has 0 aromatic heterocycles. The molecule has 0 aliphatic heterocycles. The number of aromatic carboxylic acids is 1. The summed E-state index contributed by atoms with van der Waals surface area (Å²) in [7, 11) is -2.56. The third-order valence-electron chi connectivity index (χ3n) is 4.43. The molecule has 29 heavy (non-hydrogen) atoms. The van der Waals surface area contributed by atoms with Crippen LogP contribution in [0.3, 0.4) is 0 Å². The van der Waals surface area contributed by atoms with Crippen molar-refractivity contribution in [2.75, 3.05) is 29.8 Å². The SMILES string of the molecule is CCCCN(CC)c1ccc(C(=O)O)cc1NS(=O)(=O)c1ccc(OC)c(Cl)c1. The molecule has 0 saturated heterocycles. The monoisotopic (exact) mass is 440 g/mol. The Morgan fingerprint density at radius 2 is 1.93 bits per heavy atom. The van der Waals surface area contributed by atoms with Gasteiger partial charge in [-0.15, -0.1) is 0 Å². The van der Waals surface area contributed by atoms with Gasteiger partial charge in [-0.3, -0.25) is 4.72 Å². The molecular formula is C20H25ClN2O5S. The third kappa shape index (κ3) is 5.55. The standard InChI is InChI=1S/C20H25ClN2O5S/c1-4-6-11-23(5-2)18-9-7-14(20(24)25)12-17(18)22-29(26,27)15-8-10-19(28-3)16(21)13-15/h7-10,12-13,22H,4-6,11H2,1-3H3,(H,24,25). The van der Waals surface area contributed by atoms with E-state index < -0.39 is 16.0 Å². The summed E-state index contributed by atoms with van der Waals surface area (Å²) in [6.07, 6.45) is 1.91. The molecule has 2 N–H and O–H groups in total. The maximum atomic E-state index is 12.9. The number of nitrogens with zero attached hydrogens (tertiary/aromatic N) is 1. The maximum absolute atomic E-state index is 12.9. The Labute approximate surface area is 176 Å². The Balaban J connectivity index is 2.49. The van der Waals surface area contributed by atoms with Gasteiger partial charge < -0.3 is 14.7 Å². The first-order valence-electron chi connectivity index (χ1n) is 9.22. The molecule has 0 fully saturated rings. The number of carboxylic acid groups (broad SMARTS) is 1. The molecule has 2 aromatic rings. The lowest BCUT2D eigenvalue weighted by molar-refractivity contribution is 0.0697. The Hall–Kier alpha value is -2.45. The first-order valence-corrected chi connectivity index (χ1v) is 11.1.